The van der Waals surface area contributed by atoms with Crippen molar-refractivity contribution >= 4 is 29.3 Å². The number of hydrogen-bond acceptors (Lipinski definition) is 6. The predicted octanol–water partition coefficient (Wildman–Crippen LogP) is 4.29. The lowest BCUT2D eigenvalue weighted by Gasteiger charge is -2.13. The number of carbonyl (C=O) groups excluding carboxylic acids is 1. The van der Waals surface area contributed by atoms with Gasteiger partial charge < -0.3 is 14.2 Å². The summed E-state index contributed by atoms with van der Waals surface area (Å²) >= 11 is 6.08. The van der Waals surface area contributed by atoms with E-state index < -0.39 is 17.0 Å². The van der Waals surface area contributed by atoms with E-state index in [0.717, 1.165) is 6.08 Å². The van der Waals surface area contributed by atoms with Gasteiger partial charge in [-0.3, -0.25) is 10.1 Å². The molecule has 1 aliphatic rings. The van der Waals surface area contributed by atoms with Gasteiger partial charge in [0.1, 0.15) is 6.10 Å². The molecule has 0 fully saturated rings. The highest BCUT2D eigenvalue weighted by atomic mass is 35.5. The van der Waals surface area contributed by atoms with Crippen LogP contribution < -0.4 is 9.47 Å². The average Bonchev–Trinajstić information content (AvgIpc) is 3.06. The van der Waals surface area contributed by atoms with E-state index in [9.17, 15) is 14.9 Å². The zero-order chi connectivity index (χ0) is 18.7. The summed E-state index contributed by atoms with van der Waals surface area (Å²) in [6.45, 7) is 1.69. The zero-order valence-electron chi connectivity index (χ0n) is 13.7. The van der Waals surface area contributed by atoms with Gasteiger partial charge in [-0.05, 0) is 25.1 Å². The Morgan fingerprint density at radius 3 is 2.69 bits per heavy atom. The molecule has 2 aromatic carbocycles. The first kappa shape index (κ1) is 17.8. The van der Waals surface area contributed by atoms with Crippen molar-refractivity contribution in [2.75, 3.05) is 6.79 Å². The van der Waals surface area contributed by atoms with Gasteiger partial charge in [-0.1, -0.05) is 29.8 Å². The Bertz CT molecular complexity index is 895. The summed E-state index contributed by atoms with van der Waals surface area (Å²) < 4.78 is 15.6. The van der Waals surface area contributed by atoms with Crippen molar-refractivity contribution in [3.05, 3.63) is 68.7 Å². The standard InChI is InChI=1S/C18H14ClNO6/c1-11(13-4-2-3-5-14(13)19)26-18(21)7-6-12-8-16-17(25-10-24-16)9-15(12)20(22)23/h2-9,11H,10H2,1H3/b7-6+/t11-/m1/s1. The number of halogens is 1. The number of nitro groups is 1. The highest BCUT2D eigenvalue weighted by Crippen LogP contribution is 2.38. The number of rotatable bonds is 5. The summed E-state index contributed by atoms with van der Waals surface area (Å²) in [6, 6.07) is 9.73. The number of fused-ring (bicyclic) bond motifs is 1. The van der Waals surface area contributed by atoms with Crippen molar-refractivity contribution in [3.63, 3.8) is 0 Å². The molecule has 7 nitrogen and oxygen atoms in total. The number of nitro benzene ring substituents is 1. The van der Waals surface area contributed by atoms with Crippen LogP contribution in [-0.2, 0) is 9.53 Å². The van der Waals surface area contributed by atoms with E-state index in [-0.39, 0.29) is 18.0 Å². The van der Waals surface area contributed by atoms with Crippen LogP contribution in [0.1, 0.15) is 24.2 Å². The first-order valence-electron chi connectivity index (χ1n) is 7.67. The lowest BCUT2D eigenvalue weighted by Crippen LogP contribution is -2.06. The van der Waals surface area contributed by atoms with Crippen LogP contribution in [0.25, 0.3) is 6.08 Å². The van der Waals surface area contributed by atoms with Gasteiger partial charge in [0, 0.05) is 16.7 Å². The van der Waals surface area contributed by atoms with Crippen molar-refractivity contribution in [1.82, 2.24) is 0 Å². The summed E-state index contributed by atoms with van der Waals surface area (Å²) in [6.07, 6.45) is 1.87. The molecule has 0 amide bonds. The molecule has 8 heteroatoms. The number of nitrogens with zero attached hydrogens (tertiary/aromatic N) is 1. The van der Waals surface area contributed by atoms with Crippen LogP contribution in [0, 0.1) is 10.1 Å². The smallest absolute Gasteiger partial charge is 0.331 e. The molecular weight excluding hydrogens is 362 g/mol. The second-order valence-electron chi connectivity index (χ2n) is 5.46. The fourth-order valence-electron chi connectivity index (χ4n) is 2.48. The van der Waals surface area contributed by atoms with Crippen molar-refractivity contribution in [2.24, 2.45) is 0 Å². The van der Waals surface area contributed by atoms with E-state index in [4.69, 9.17) is 25.8 Å². The fourth-order valence-corrected chi connectivity index (χ4v) is 2.77. The summed E-state index contributed by atoms with van der Waals surface area (Å²) in [7, 11) is 0. The molecule has 0 aliphatic carbocycles. The van der Waals surface area contributed by atoms with E-state index in [1.165, 1.54) is 18.2 Å². The van der Waals surface area contributed by atoms with Crippen LogP contribution in [-0.4, -0.2) is 17.7 Å². The maximum Gasteiger partial charge on any atom is 0.331 e. The van der Waals surface area contributed by atoms with Gasteiger partial charge in [-0.2, -0.15) is 0 Å². The van der Waals surface area contributed by atoms with Crippen molar-refractivity contribution in [1.29, 1.82) is 0 Å². The topological polar surface area (TPSA) is 87.9 Å². The summed E-state index contributed by atoms with van der Waals surface area (Å²) in [4.78, 5) is 22.7. The number of benzene rings is 2. The lowest BCUT2D eigenvalue weighted by atomic mass is 10.1. The highest BCUT2D eigenvalue weighted by molar-refractivity contribution is 6.31. The Hall–Kier alpha value is -3.06. The third kappa shape index (κ3) is 3.78. The third-order valence-corrected chi connectivity index (χ3v) is 4.10. The first-order chi connectivity index (χ1) is 12.5. The van der Waals surface area contributed by atoms with Gasteiger partial charge in [-0.25, -0.2) is 4.79 Å². The van der Waals surface area contributed by atoms with Crippen molar-refractivity contribution in [3.8, 4) is 11.5 Å². The van der Waals surface area contributed by atoms with E-state index in [1.807, 2.05) is 0 Å². The fraction of sp³-hybridized carbons (Fsp3) is 0.167. The molecule has 26 heavy (non-hydrogen) atoms. The lowest BCUT2D eigenvalue weighted by molar-refractivity contribution is -0.385. The quantitative estimate of drug-likeness (QED) is 0.335. The number of ether oxygens (including phenoxy) is 3. The maximum absolute atomic E-state index is 12.0. The Labute approximate surface area is 153 Å². The van der Waals surface area contributed by atoms with Crippen molar-refractivity contribution < 1.29 is 23.9 Å². The van der Waals surface area contributed by atoms with Crippen LogP contribution in [0.3, 0.4) is 0 Å². The molecule has 134 valence electrons. The van der Waals surface area contributed by atoms with Crippen LogP contribution in [0.4, 0.5) is 5.69 Å². The van der Waals surface area contributed by atoms with Gasteiger partial charge in [0.2, 0.25) is 6.79 Å². The Kier molecular flexibility index (Phi) is 5.09. The maximum atomic E-state index is 12.0. The zero-order valence-corrected chi connectivity index (χ0v) is 14.4. The molecule has 0 saturated heterocycles. The molecule has 0 saturated carbocycles. The monoisotopic (exact) mass is 375 g/mol. The first-order valence-corrected chi connectivity index (χ1v) is 8.04. The highest BCUT2D eigenvalue weighted by Gasteiger charge is 2.22. The molecule has 0 unspecified atom stereocenters. The largest absolute Gasteiger partial charge is 0.455 e. The molecule has 0 N–H and O–H groups in total. The molecule has 0 radical (unpaired) electrons. The minimum atomic E-state index is -0.649. The van der Waals surface area contributed by atoms with Crippen molar-refractivity contribution in [2.45, 2.75) is 13.0 Å². The van der Waals surface area contributed by atoms with Gasteiger partial charge >= 0.3 is 5.97 Å². The minimum absolute atomic E-state index is 0.00293. The molecule has 1 atom stereocenters. The molecule has 1 aliphatic heterocycles. The number of hydrogen-bond donors (Lipinski definition) is 0. The third-order valence-electron chi connectivity index (χ3n) is 3.75. The molecule has 0 aromatic heterocycles. The second-order valence-corrected chi connectivity index (χ2v) is 5.86. The van der Waals surface area contributed by atoms with Gasteiger partial charge in [-0.15, -0.1) is 0 Å². The Morgan fingerprint density at radius 2 is 2.00 bits per heavy atom. The van der Waals surface area contributed by atoms with Gasteiger partial charge in [0.25, 0.3) is 5.69 Å². The molecular formula is C18H14ClNO6. The SMILES string of the molecule is C[C@@H](OC(=O)/C=C/c1cc2c(cc1[N+](=O)[O-])OCO2)c1ccccc1Cl. The van der Waals surface area contributed by atoms with E-state index in [2.05, 4.69) is 0 Å². The van der Waals surface area contributed by atoms with E-state index in [1.54, 1.807) is 31.2 Å². The van der Waals surface area contributed by atoms with Crippen LogP contribution in [0.5, 0.6) is 11.5 Å². The second kappa shape index (κ2) is 7.45. The number of carbonyl (C=O) groups is 1. The molecule has 0 bridgehead atoms. The summed E-state index contributed by atoms with van der Waals surface area (Å²) in [5.74, 6) is 0.0289. The molecule has 1 heterocycles. The van der Waals surface area contributed by atoms with Gasteiger partial charge in [0.05, 0.1) is 16.6 Å². The van der Waals surface area contributed by atoms with E-state index >= 15 is 0 Å². The summed E-state index contributed by atoms with van der Waals surface area (Å²) in [5, 5.41) is 11.7. The normalized spacial score (nSPS) is 13.6. The van der Waals surface area contributed by atoms with Crippen LogP contribution >= 0.6 is 11.6 Å². The molecule has 2 aromatic rings. The molecule has 3 rings (SSSR count). The Balaban J connectivity index is 1.76. The van der Waals surface area contributed by atoms with E-state index in [0.29, 0.717) is 22.1 Å². The summed E-state index contributed by atoms with van der Waals surface area (Å²) in [5.41, 5.74) is 0.684. The van der Waals surface area contributed by atoms with Crippen LogP contribution in [0.15, 0.2) is 42.5 Å². The number of esters is 1. The Morgan fingerprint density at radius 1 is 1.31 bits per heavy atom. The minimum Gasteiger partial charge on any atom is -0.455 e. The average molecular weight is 376 g/mol. The van der Waals surface area contributed by atoms with Gasteiger partial charge in [0.15, 0.2) is 11.5 Å². The predicted molar refractivity (Wildman–Crippen MR) is 94.2 cm³/mol. The molecule has 0 spiro atoms. The van der Waals surface area contributed by atoms with Crippen LogP contribution in [0.2, 0.25) is 5.02 Å².